The summed E-state index contributed by atoms with van der Waals surface area (Å²) in [5.41, 5.74) is 1.54. The smallest absolute Gasteiger partial charge is 0.270 e. The average Bonchev–Trinajstić information content (AvgIpc) is 3.14. The Morgan fingerprint density at radius 2 is 2.04 bits per heavy atom. The number of nitrogens with zero attached hydrogens (tertiary/aromatic N) is 2. The van der Waals surface area contributed by atoms with Gasteiger partial charge in [-0.2, -0.15) is 0 Å². The molecule has 2 aromatic heterocycles. The van der Waals surface area contributed by atoms with Crippen LogP contribution in [0.25, 0.3) is 0 Å². The predicted octanol–water partition coefficient (Wildman–Crippen LogP) is 3.10. The van der Waals surface area contributed by atoms with Crippen LogP contribution in [0.5, 0.6) is 0 Å². The summed E-state index contributed by atoms with van der Waals surface area (Å²) < 4.78 is 18.8. The van der Waals surface area contributed by atoms with Gasteiger partial charge in [-0.3, -0.25) is 4.79 Å². The summed E-state index contributed by atoms with van der Waals surface area (Å²) in [4.78, 5) is 20.8. The molecule has 0 atom stereocenters. The number of furan rings is 1. The van der Waals surface area contributed by atoms with Gasteiger partial charge in [0.2, 0.25) is 5.95 Å². The summed E-state index contributed by atoms with van der Waals surface area (Å²) in [5, 5.41) is 5.78. The largest absolute Gasteiger partial charge is 0.467 e. The van der Waals surface area contributed by atoms with Crippen molar-refractivity contribution in [1.82, 2.24) is 15.3 Å². The second-order valence-electron chi connectivity index (χ2n) is 5.75. The Bertz CT molecular complexity index is 881. The maximum Gasteiger partial charge on any atom is 0.270 e. The number of aryl methyl sites for hydroxylation is 1. The molecule has 0 unspecified atom stereocenters. The normalized spacial score (nSPS) is 10.5. The van der Waals surface area contributed by atoms with E-state index in [-0.39, 0.29) is 24.0 Å². The average molecular weight is 354 g/mol. The summed E-state index contributed by atoms with van der Waals surface area (Å²) in [6, 6.07) is 11.8. The van der Waals surface area contributed by atoms with Crippen molar-refractivity contribution < 1.29 is 13.6 Å². The number of carbonyl (C=O) groups excluding carboxylic acids is 1. The quantitative estimate of drug-likeness (QED) is 0.681. The molecule has 0 fully saturated rings. The Labute approximate surface area is 150 Å². The molecule has 1 amide bonds. The molecule has 0 aliphatic carbocycles. The number of carbonyl (C=O) groups is 1. The van der Waals surface area contributed by atoms with Gasteiger partial charge in [-0.1, -0.05) is 18.2 Å². The van der Waals surface area contributed by atoms with E-state index in [0.717, 1.165) is 0 Å². The molecule has 3 rings (SSSR count). The molecule has 2 heterocycles. The van der Waals surface area contributed by atoms with Gasteiger partial charge in [-0.25, -0.2) is 14.4 Å². The molecule has 6 nitrogen and oxygen atoms in total. The molecule has 26 heavy (non-hydrogen) atoms. The maximum atomic E-state index is 13.6. The number of benzene rings is 1. The standard InChI is InChI=1S/C19H19FN4O2/c1-13-11-17(18(25)22-12-15-6-4-10-26-15)24-19(23-13)21-9-8-14-5-2-3-7-16(14)20/h2-7,10-11H,8-9,12H2,1H3,(H,22,25)(H,21,23,24). The lowest BCUT2D eigenvalue weighted by Gasteiger charge is -2.09. The van der Waals surface area contributed by atoms with E-state index in [1.807, 2.05) is 0 Å². The lowest BCUT2D eigenvalue weighted by Crippen LogP contribution is -2.24. The van der Waals surface area contributed by atoms with Crippen LogP contribution >= 0.6 is 0 Å². The van der Waals surface area contributed by atoms with Crippen molar-refractivity contribution in [3.05, 3.63) is 77.3 Å². The molecule has 134 valence electrons. The van der Waals surface area contributed by atoms with Crippen molar-refractivity contribution in [2.24, 2.45) is 0 Å². The first-order valence-electron chi connectivity index (χ1n) is 8.25. The van der Waals surface area contributed by atoms with Gasteiger partial charge in [0.1, 0.15) is 17.3 Å². The lowest BCUT2D eigenvalue weighted by molar-refractivity contribution is 0.0943. The van der Waals surface area contributed by atoms with Crippen molar-refractivity contribution in [3.8, 4) is 0 Å². The molecule has 0 aliphatic rings. The van der Waals surface area contributed by atoms with Crippen molar-refractivity contribution in [3.63, 3.8) is 0 Å². The van der Waals surface area contributed by atoms with Crippen molar-refractivity contribution in [1.29, 1.82) is 0 Å². The van der Waals surface area contributed by atoms with Crippen molar-refractivity contribution >= 4 is 11.9 Å². The Morgan fingerprint density at radius 3 is 2.81 bits per heavy atom. The molecule has 0 bridgehead atoms. The maximum absolute atomic E-state index is 13.6. The first kappa shape index (κ1) is 17.6. The van der Waals surface area contributed by atoms with Gasteiger partial charge in [0, 0.05) is 12.2 Å². The van der Waals surface area contributed by atoms with Gasteiger partial charge >= 0.3 is 0 Å². The molecule has 0 saturated carbocycles. The van der Waals surface area contributed by atoms with Crippen LogP contribution in [0, 0.1) is 12.7 Å². The zero-order valence-corrected chi connectivity index (χ0v) is 14.3. The molecular weight excluding hydrogens is 335 g/mol. The fourth-order valence-corrected chi connectivity index (χ4v) is 2.45. The van der Waals surface area contributed by atoms with Gasteiger partial charge in [-0.15, -0.1) is 0 Å². The summed E-state index contributed by atoms with van der Waals surface area (Å²) >= 11 is 0. The summed E-state index contributed by atoms with van der Waals surface area (Å²) in [5.74, 6) is 0.443. The highest BCUT2D eigenvalue weighted by Gasteiger charge is 2.11. The second-order valence-corrected chi connectivity index (χ2v) is 5.75. The summed E-state index contributed by atoms with van der Waals surface area (Å²) in [7, 11) is 0. The lowest BCUT2D eigenvalue weighted by atomic mass is 10.1. The van der Waals surface area contributed by atoms with E-state index in [9.17, 15) is 9.18 Å². The second kappa shape index (κ2) is 8.24. The van der Waals surface area contributed by atoms with Gasteiger partial charge in [0.25, 0.3) is 5.91 Å². The van der Waals surface area contributed by atoms with Crippen LogP contribution in [0.15, 0.2) is 53.1 Å². The van der Waals surface area contributed by atoms with E-state index in [2.05, 4.69) is 20.6 Å². The zero-order valence-electron chi connectivity index (χ0n) is 14.3. The zero-order chi connectivity index (χ0) is 18.4. The first-order valence-corrected chi connectivity index (χ1v) is 8.25. The van der Waals surface area contributed by atoms with E-state index < -0.39 is 0 Å². The monoisotopic (exact) mass is 354 g/mol. The number of anilines is 1. The number of hydrogen-bond donors (Lipinski definition) is 2. The summed E-state index contributed by atoms with van der Waals surface area (Å²) in [6.45, 7) is 2.52. The first-order chi connectivity index (χ1) is 12.6. The molecule has 7 heteroatoms. The topological polar surface area (TPSA) is 80.0 Å². The summed E-state index contributed by atoms with van der Waals surface area (Å²) in [6.07, 6.45) is 2.04. The molecular formula is C19H19FN4O2. The van der Waals surface area contributed by atoms with E-state index in [0.29, 0.717) is 35.9 Å². The van der Waals surface area contributed by atoms with Crippen LogP contribution < -0.4 is 10.6 Å². The highest BCUT2D eigenvalue weighted by molar-refractivity contribution is 5.92. The number of halogens is 1. The van der Waals surface area contributed by atoms with Crippen LogP contribution in [0.3, 0.4) is 0 Å². The minimum atomic E-state index is -0.316. The highest BCUT2D eigenvalue weighted by Crippen LogP contribution is 2.09. The number of aromatic nitrogens is 2. The molecule has 2 N–H and O–H groups in total. The van der Waals surface area contributed by atoms with E-state index in [1.165, 1.54) is 6.07 Å². The number of nitrogens with one attached hydrogen (secondary N) is 2. The third kappa shape index (κ3) is 4.66. The Kier molecular flexibility index (Phi) is 5.58. The Morgan fingerprint density at radius 1 is 1.19 bits per heavy atom. The Hall–Kier alpha value is -3.22. The number of hydrogen-bond acceptors (Lipinski definition) is 5. The SMILES string of the molecule is Cc1cc(C(=O)NCc2ccco2)nc(NCCc2ccccc2F)n1. The predicted molar refractivity (Wildman–Crippen MR) is 95.2 cm³/mol. The van der Waals surface area contributed by atoms with Crippen LogP contribution in [0.1, 0.15) is 27.5 Å². The fourth-order valence-electron chi connectivity index (χ4n) is 2.45. The van der Waals surface area contributed by atoms with Crippen LogP contribution in [0.4, 0.5) is 10.3 Å². The fraction of sp³-hybridized carbons (Fsp3) is 0.211. The van der Waals surface area contributed by atoms with Gasteiger partial charge in [0.15, 0.2) is 0 Å². The third-order valence-electron chi connectivity index (χ3n) is 3.73. The van der Waals surface area contributed by atoms with Crippen LogP contribution in [-0.2, 0) is 13.0 Å². The Balaban J connectivity index is 1.60. The van der Waals surface area contributed by atoms with E-state index in [4.69, 9.17) is 4.42 Å². The molecule has 0 spiro atoms. The van der Waals surface area contributed by atoms with Crippen molar-refractivity contribution in [2.45, 2.75) is 19.9 Å². The van der Waals surface area contributed by atoms with Gasteiger partial charge in [-0.05, 0) is 43.2 Å². The van der Waals surface area contributed by atoms with Crippen molar-refractivity contribution in [2.75, 3.05) is 11.9 Å². The van der Waals surface area contributed by atoms with E-state index >= 15 is 0 Å². The molecule has 0 radical (unpaired) electrons. The number of rotatable bonds is 7. The van der Waals surface area contributed by atoms with Gasteiger partial charge in [0.05, 0.1) is 12.8 Å². The van der Waals surface area contributed by atoms with Crippen LogP contribution in [-0.4, -0.2) is 22.4 Å². The third-order valence-corrected chi connectivity index (χ3v) is 3.73. The minimum Gasteiger partial charge on any atom is -0.467 e. The van der Waals surface area contributed by atoms with E-state index in [1.54, 1.807) is 49.6 Å². The molecule has 0 aliphatic heterocycles. The minimum absolute atomic E-state index is 0.238. The highest BCUT2D eigenvalue weighted by atomic mass is 19.1. The number of amides is 1. The van der Waals surface area contributed by atoms with Gasteiger partial charge < -0.3 is 15.1 Å². The van der Waals surface area contributed by atoms with Crippen LogP contribution in [0.2, 0.25) is 0 Å². The molecule has 1 aromatic carbocycles. The molecule has 0 saturated heterocycles. The molecule has 3 aromatic rings.